The number of aryl methyl sites for hydroxylation is 2. The van der Waals surface area contributed by atoms with Crippen molar-refractivity contribution in [1.29, 1.82) is 0 Å². The van der Waals surface area contributed by atoms with Crippen molar-refractivity contribution in [3.8, 4) is 0 Å². The van der Waals surface area contributed by atoms with Gasteiger partial charge in [-0.15, -0.1) is 35.3 Å². The van der Waals surface area contributed by atoms with Gasteiger partial charge in [0.25, 0.3) is 0 Å². The van der Waals surface area contributed by atoms with Crippen molar-refractivity contribution in [3.05, 3.63) is 51.5 Å². The van der Waals surface area contributed by atoms with E-state index in [0.717, 1.165) is 42.8 Å². The van der Waals surface area contributed by atoms with Gasteiger partial charge < -0.3 is 15.4 Å². The molecule has 0 aliphatic carbocycles. The summed E-state index contributed by atoms with van der Waals surface area (Å²) in [4.78, 5) is 10.5. The fourth-order valence-corrected chi connectivity index (χ4v) is 4.04. The summed E-state index contributed by atoms with van der Waals surface area (Å²) in [7, 11) is 0. The molecule has 148 valence electrons. The summed E-state index contributed by atoms with van der Waals surface area (Å²) in [5.41, 5.74) is 2.36. The summed E-state index contributed by atoms with van der Waals surface area (Å²) in [6.07, 6.45) is 1.23. The minimum Gasteiger partial charge on any atom is -0.373 e. The van der Waals surface area contributed by atoms with Crippen LogP contribution in [0.5, 0.6) is 0 Å². The maximum Gasteiger partial charge on any atom is 0.191 e. The van der Waals surface area contributed by atoms with Gasteiger partial charge in [0.2, 0.25) is 0 Å². The molecule has 0 saturated carbocycles. The molecular weight excluding hydrogens is 471 g/mol. The Kier molecular flexibility index (Phi) is 8.98. The summed E-state index contributed by atoms with van der Waals surface area (Å²) in [5.74, 6) is 1.29. The molecule has 0 bridgehead atoms. The second kappa shape index (κ2) is 11.0. The van der Waals surface area contributed by atoms with Gasteiger partial charge in [0.1, 0.15) is 5.01 Å². The van der Waals surface area contributed by atoms with Gasteiger partial charge in [-0.25, -0.2) is 9.98 Å². The van der Waals surface area contributed by atoms with Crippen LogP contribution < -0.4 is 10.6 Å². The van der Waals surface area contributed by atoms with E-state index >= 15 is 0 Å². The Balaban J connectivity index is 0.00000261. The molecule has 1 aromatic carbocycles. The molecule has 2 aromatic rings. The molecule has 5 nitrogen and oxygen atoms in total. The van der Waals surface area contributed by atoms with E-state index in [1.165, 1.54) is 10.4 Å². The first-order valence-electron chi connectivity index (χ1n) is 9.29. The van der Waals surface area contributed by atoms with Crippen LogP contribution in [0.15, 0.2) is 35.3 Å². The normalized spacial score (nSPS) is 19.6. The molecule has 1 fully saturated rings. The lowest BCUT2D eigenvalue weighted by Crippen LogP contribution is -2.40. The fraction of sp³-hybridized carbons (Fsp3) is 0.500. The van der Waals surface area contributed by atoms with Crippen molar-refractivity contribution < 1.29 is 4.74 Å². The number of halogens is 1. The topological polar surface area (TPSA) is 58.5 Å². The van der Waals surface area contributed by atoms with E-state index in [-0.39, 0.29) is 30.1 Å². The molecule has 2 atom stereocenters. The van der Waals surface area contributed by atoms with Crippen molar-refractivity contribution in [2.45, 2.75) is 39.8 Å². The van der Waals surface area contributed by atoms with E-state index in [4.69, 9.17) is 9.73 Å². The largest absolute Gasteiger partial charge is 0.373 e. The van der Waals surface area contributed by atoms with Gasteiger partial charge in [-0.1, -0.05) is 30.3 Å². The van der Waals surface area contributed by atoms with Gasteiger partial charge in [0.15, 0.2) is 5.96 Å². The fourth-order valence-electron chi connectivity index (χ4n) is 3.18. The molecule has 1 aliphatic rings. The van der Waals surface area contributed by atoms with Crippen molar-refractivity contribution in [2.75, 3.05) is 19.7 Å². The number of thiazole rings is 1. The molecule has 3 rings (SSSR count). The summed E-state index contributed by atoms with van der Waals surface area (Å²) in [5, 5.41) is 7.88. The second-order valence-electron chi connectivity index (χ2n) is 6.58. The molecule has 1 saturated heterocycles. The van der Waals surface area contributed by atoms with E-state index < -0.39 is 0 Å². The highest BCUT2D eigenvalue weighted by atomic mass is 127. The first-order valence-corrected chi connectivity index (χ1v) is 10.1. The molecule has 0 radical (unpaired) electrons. The zero-order valence-corrected chi connectivity index (χ0v) is 19.3. The highest BCUT2D eigenvalue weighted by molar-refractivity contribution is 14.0. The zero-order valence-electron chi connectivity index (χ0n) is 16.2. The van der Waals surface area contributed by atoms with Crippen molar-refractivity contribution >= 4 is 41.3 Å². The highest BCUT2D eigenvalue weighted by Crippen LogP contribution is 2.33. The zero-order chi connectivity index (χ0) is 18.4. The third-order valence-corrected chi connectivity index (χ3v) is 5.72. The Labute approximate surface area is 183 Å². The average Bonchev–Trinajstić information content (AvgIpc) is 3.25. The maximum absolute atomic E-state index is 5.98. The standard InChI is InChI=1S/C20H28N4OS.HI/c1-4-21-20(23-13-18-24-14(2)15(3)26-18)22-12-17-10-11-25-19(17)16-8-6-5-7-9-16;/h5-9,17,19H,4,10-13H2,1-3H3,(H2,21,22,23);1H. The van der Waals surface area contributed by atoms with Crippen molar-refractivity contribution in [3.63, 3.8) is 0 Å². The Morgan fingerprint density at radius 1 is 1.26 bits per heavy atom. The molecule has 0 amide bonds. The number of rotatable bonds is 6. The van der Waals surface area contributed by atoms with E-state index in [1.807, 2.05) is 13.0 Å². The molecule has 1 aliphatic heterocycles. The van der Waals surface area contributed by atoms with Crippen molar-refractivity contribution in [2.24, 2.45) is 10.9 Å². The van der Waals surface area contributed by atoms with Crippen LogP contribution in [0.4, 0.5) is 0 Å². The second-order valence-corrected chi connectivity index (χ2v) is 7.86. The Morgan fingerprint density at radius 2 is 2.04 bits per heavy atom. The summed E-state index contributed by atoms with van der Waals surface area (Å²) in [6.45, 7) is 9.35. The van der Waals surface area contributed by atoms with E-state index in [0.29, 0.717) is 12.5 Å². The molecule has 1 aromatic heterocycles. The van der Waals surface area contributed by atoms with Gasteiger partial charge >= 0.3 is 0 Å². The lowest BCUT2D eigenvalue weighted by Gasteiger charge is -2.20. The number of guanidine groups is 1. The number of aliphatic imine (C=N–C) groups is 1. The summed E-state index contributed by atoms with van der Waals surface area (Å²) < 4.78 is 5.98. The number of nitrogens with zero attached hydrogens (tertiary/aromatic N) is 2. The van der Waals surface area contributed by atoms with Crippen LogP contribution >= 0.6 is 35.3 Å². The highest BCUT2D eigenvalue weighted by Gasteiger charge is 2.29. The van der Waals surface area contributed by atoms with E-state index in [1.54, 1.807) is 11.3 Å². The predicted molar refractivity (Wildman–Crippen MR) is 123 cm³/mol. The van der Waals surface area contributed by atoms with E-state index in [9.17, 15) is 0 Å². The average molecular weight is 500 g/mol. The van der Waals surface area contributed by atoms with Gasteiger partial charge in [0, 0.05) is 30.5 Å². The van der Waals surface area contributed by atoms with Crippen LogP contribution in [-0.4, -0.2) is 30.6 Å². The van der Waals surface area contributed by atoms with Crippen molar-refractivity contribution in [1.82, 2.24) is 15.6 Å². The van der Waals surface area contributed by atoms with Crippen LogP contribution in [0, 0.1) is 19.8 Å². The quantitative estimate of drug-likeness (QED) is 0.355. The lowest BCUT2D eigenvalue weighted by molar-refractivity contribution is 0.0915. The van der Waals surface area contributed by atoms with Gasteiger partial charge in [0.05, 0.1) is 18.3 Å². The van der Waals surface area contributed by atoms with E-state index in [2.05, 4.69) is 53.7 Å². The molecular formula is C20H29IN4OS. The summed E-state index contributed by atoms with van der Waals surface area (Å²) >= 11 is 1.72. The number of aromatic nitrogens is 1. The maximum atomic E-state index is 5.98. The van der Waals surface area contributed by atoms with Crippen LogP contribution in [0.3, 0.4) is 0 Å². The smallest absolute Gasteiger partial charge is 0.191 e. The Hall–Kier alpha value is -1.19. The number of hydrogen-bond acceptors (Lipinski definition) is 4. The number of nitrogens with one attached hydrogen (secondary N) is 2. The Morgan fingerprint density at radius 3 is 2.70 bits per heavy atom. The van der Waals surface area contributed by atoms with Gasteiger partial charge in [-0.05, 0) is 32.8 Å². The van der Waals surface area contributed by atoms with Gasteiger partial charge in [-0.3, -0.25) is 0 Å². The number of hydrogen-bond donors (Lipinski definition) is 2. The molecule has 7 heteroatoms. The first-order chi connectivity index (χ1) is 12.7. The SMILES string of the molecule is CCNC(=NCc1nc(C)c(C)s1)NCC1CCOC1c1ccccc1.I. The minimum absolute atomic E-state index is 0. The molecule has 2 unspecified atom stereocenters. The van der Waals surface area contributed by atoms with Crippen LogP contribution in [-0.2, 0) is 11.3 Å². The van der Waals surface area contributed by atoms with Crippen LogP contribution in [0.1, 0.15) is 40.6 Å². The number of benzene rings is 1. The minimum atomic E-state index is 0. The molecule has 2 N–H and O–H groups in total. The van der Waals surface area contributed by atoms with Crippen LogP contribution in [0.2, 0.25) is 0 Å². The first kappa shape index (κ1) is 22.1. The monoisotopic (exact) mass is 500 g/mol. The van der Waals surface area contributed by atoms with Crippen LogP contribution in [0.25, 0.3) is 0 Å². The Bertz CT molecular complexity index is 715. The number of ether oxygens (including phenoxy) is 1. The lowest BCUT2D eigenvalue weighted by atomic mass is 9.95. The summed E-state index contributed by atoms with van der Waals surface area (Å²) in [6, 6.07) is 10.5. The molecule has 27 heavy (non-hydrogen) atoms. The third-order valence-electron chi connectivity index (χ3n) is 4.66. The molecule has 2 heterocycles. The predicted octanol–water partition coefficient (Wildman–Crippen LogP) is 4.21. The molecule has 0 spiro atoms. The third kappa shape index (κ3) is 6.15. The van der Waals surface area contributed by atoms with Gasteiger partial charge in [-0.2, -0.15) is 0 Å².